The maximum atomic E-state index is 13.3. The maximum Gasteiger partial charge on any atom is 0.309 e. The number of nitro benzene ring substituents is 1. The molecule has 8 heteroatoms. The summed E-state index contributed by atoms with van der Waals surface area (Å²) < 4.78 is 6.62. The van der Waals surface area contributed by atoms with E-state index in [-0.39, 0.29) is 45.1 Å². The van der Waals surface area contributed by atoms with Gasteiger partial charge in [0.25, 0.3) is 5.69 Å². The van der Waals surface area contributed by atoms with Gasteiger partial charge in [0, 0.05) is 31.2 Å². The van der Waals surface area contributed by atoms with Crippen molar-refractivity contribution < 1.29 is 24.0 Å². The van der Waals surface area contributed by atoms with Crippen LogP contribution in [-0.2, 0) is 11.8 Å². The van der Waals surface area contributed by atoms with Crippen LogP contribution in [0.5, 0.6) is 5.88 Å². The second-order valence-corrected chi connectivity index (χ2v) is 6.53. The molecule has 0 radical (unpaired) electrons. The number of ketones is 2. The molecule has 1 aliphatic rings. The van der Waals surface area contributed by atoms with Crippen molar-refractivity contribution in [2.75, 3.05) is 0 Å². The number of esters is 1. The highest BCUT2D eigenvalue weighted by Gasteiger charge is 2.39. The third kappa shape index (κ3) is 2.65. The second-order valence-electron chi connectivity index (χ2n) is 6.53. The van der Waals surface area contributed by atoms with Gasteiger partial charge in [-0.25, -0.2) is 0 Å². The van der Waals surface area contributed by atoms with Crippen LogP contribution in [0.25, 0.3) is 11.1 Å². The van der Waals surface area contributed by atoms with Crippen molar-refractivity contribution in [3.05, 3.63) is 81.0 Å². The number of carbonyl (C=O) groups excluding carboxylic acids is 3. The number of benzene rings is 2. The molecule has 0 aliphatic heterocycles. The molecular weight excluding hydrogens is 376 g/mol. The van der Waals surface area contributed by atoms with Crippen LogP contribution in [0.4, 0.5) is 5.69 Å². The number of nitro groups is 1. The third-order valence-corrected chi connectivity index (χ3v) is 4.81. The summed E-state index contributed by atoms with van der Waals surface area (Å²) in [4.78, 5) is 49.2. The van der Waals surface area contributed by atoms with Gasteiger partial charge in [0.05, 0.1) is 21.6 Å². The van der Waals surface area contributed by atoms with Crippen molar-refractivity contribution >= 4 is 23.2 Å². The number of nitrogens with zero attached hydrogens (tertiary/aromatic N) is 2. The topological polar surface area (TPSA) is 109 Å². The Morgan fingerprint density at radius 3 is 2.07 bits per heavy atom. The molecule has 1 aromatic heterocycles. The van der Waals surface area contributed by atoms with E-state index >= 15 is 0 Å². The highest BCUT2D eigenvalue weighted by atomic mass is 16.6. The first kappa shape index (κ1) is 18.3. The number of rotatable bonds is 3. The number of fused-ring (bicyclic) bond motifs is 2. The summed E-state index contributed by atoms with van der Waals surface area (Å²) in [7, 11) is 1.48. The van der Waals surface area contributed by atoms with Crippen LogP contribution in [0.1, 0.15) is 38.9 Å². The number of carbonyl (C=O) groups is 3. The molecule has 4 rings (SSSR count). The van der Waals surface area contributed by atoms with Gasteiger partial charge in [-0.3, -0.25) is 24.5 Å². The van der Waals surface area contributed by atoms with Gasteiger partial charge in [0.15, 0.2) is 5.78 Å². The molecule has 144 valence electrons. The predicted octanol–water partition coefficient (Wildman–Crippen LogP) is 3.30. The Balaban J connectivity index is 2.13. The molecular formula is C21H14N2O6. The molecule has 8 nitrogen and oxygen atoms in total. The fraction of sp³-hybridized carbons (Fsp3) is 0.0952. The third-order valence-electron chi connectivity index (χ3n) is 4.81. The lowest BCUT2D eigenvalue weighted by atomic mass is 9.85. The van der Waals surface area contributed by atoms with Crippen molar-refractivity contribution in [3.8, 4) is 17.0 Å². The average Bonchev–Trinajstić information content (AvgIpc) is 2.98. The van der Waals surface area contributed by atoms with Crippen LogP contribution < -0.4 is 4.74 Å². The Kier molecular flexibility index (Phi) is 4.11. The summed E-state index contributed by atoms with van der Waals surface area (Å²) in [5.41, 5.74) is 0.316. The van der Waals surface area contributed by atoms with Crippen molar-refractivity contribution in [2.45, 2.75) is 6.92 Å². The maximum absolute atomic E-state index is 13.3. The fourth-order valence-electron chi connectivity index (χ4n) is 3.64. The van der Waals surface area contributed by atoms with Gasteiger partial charge in [0.2, 0.25) is 11.7 Å². The van der Waals surface area contributed by atoms with E-state index in [4.69, 9.17) is 4.74 Å². The van der Waals surface area contributed by atoms with Gasteiger partial charge in [-0.15, -0.1) is 0 Å². The zero-order valence-electron chi connectivity index (χ0n) is 15.5. The molecule has 1 heterocycles. The molecule has 0 saturated heterocycles. The summed E-state index contributed by atoms with van der Waals surface area (Å²) in [6.07, 6.45) is 0. The number of aromatic nitrogens is 1. The Morgan fingerprint density at radius 2 is 1.48 bits per heavy atom. The lowest BCUT2D eigenvalue weighted by Crippen LogP contribution is -2.22. The molecule has 0 bridgehead atoms. The van der Waals surface area contributed by atoms with Gasteiger partial charge in [0.1, 0.15) is 5.69 Å². The zero-order chi connectivity index (χ0) is 20.9. The van der Waals surface area contributed by atoms with Crippen LogP contribution in [0, 0.1) is 10.1 Å². The van der Waals surface area contributed by atoms with E-state index in [2.05, 4.69) is 0 Å². The Morgan fingerprint density at radius 1 is 0.931 bits per heavy atom. The van der Waals surface area contributed by atoms with Crippen LogP contribution in [-0.4, -0.2) is 27.0 Å². The Bertz CT molecular complexity index is 1240. The largest absolute Gasteiger partial charge is 0.409 e. The lowest BCUT2D eigenvalue weighted by molar-refractivity contribution is -0.384. The Labute approximate surface area is 164 Å². The molecule has 0 unspecified atom stereocenters. The molecule has 2 aromatic carbocycles. The molecule has 0 amide bonds. The Hall–Kier alpha value is -4.07. The zero-order valence-corrected chi connectivity index (χ0v) is 15.5. The lowest BCUT2D eigenvalue weighted by Gasteiger charge is -2.16. The first-order chi connectivity index (χ1) is 13.8. The van der Waals surface area contributed by atoms with Crippen molar-refractivity contribution in [3.63, 3.8) is 0 Å². The highest BCUT2D eigenvalue weighted by Crippen LogP contribution is 2.45. The van der Waals surface area contributed by atoms with E-state index in [1.807, 2.05) is 0 Å². The second kappa shape index (κ2) is 6.52. The minimum Gasteiger partial charge on any atom is -0.409 e. The van der Waals surface area contributed by atoms with Crippen LogP contribution >= 0.6 is 0 Å². The van der Waals surface area contributed by atoms with Gasteiger partial charge >= 0.3 is 5.97 Å². The molecule has 29 heavy (non-hydrogen) atoms. The minimum atomic E-state index is -0.680. The molecule has 0 saturated carbocycles. The van der Waals surface area contributed by atoms with Crippen LogP contribution in [0.15, 0.2) is 48.5 Å². The van der Waals surface area contributed by atoms with Crippen molar-refractivity contribution in [1.29, 1.82) is 0 Å². The normalized spacial score (nSPS) is 12.3. The number of ether oxygens (including phenoxy) is 1. The molecule has 0 fully saturated rings. The minimum absolute atomic E-state index is 0.0123. The van der Waals surface area contributed by atoms with E-state index in [0.29, 0.717) is 0 Å². The summed E-state index contributed by atoms with van der Waals surface area (Å²) >= 11 is 0. The molecule has 0 spiro atoms. The summed E-state index contributed by atoms with van der Waals surface area (Å²) in [5.74, 6) is -1.65. The summed E-state index contributed by atoms with van der Waals surface area (Å²) in [5, 5.41) is 11.6. The van der Waals surface area contributed by atoms with Gasteiger partial charge in [-0.1, -0.05) is 36.4 Å². The van der Waals surface area contributed by atoms with E-state index < -0.39 is 22.5 Å². The molecule has 3 aromatic rings. The summed E-state index contributed by atoms with van der Waals surface area (Å²) in [6, 6.07) is 12.2. The number of hydrogen-bond donors (Lipinski definition) is 0. The first-order valence-corrected chi connectivity index (χ1v) is 8.66. The van der Waals surface area contributed by atoms with Gasteiger partial charge in [-0.05, 0) is 6.07 Å². The monoisotopic (exact) mass is 390 g/mol. The van der Waals surface area contributed by atoms with E-state index in [0.717, 1.165) is 0 Å². The standard InChI is InChI=1S/C21H14N2O6/c1-11(24)29-21-16(14-9-5-6-10-15(14)23(27)28)17-18(22(21)2)20(26)13-8-4-3-7-12(13)19(17)25/h3-10H,1-2H3. The number of hydrogen-bond acceptors (Lipinski definition) is 6. The quantitative estimate of drug-likeness (QED) is 0.302. The van der Waals surface area contributed by atoms with Gasteiger partial charge < -0.3 is 9.30 Å². The van der Waals surface area contributed by atoms with Gasteiger partial charge in [-0.2, -0.15) is 0 Å². The predicted molar refractivity (Wildman–Crippen MR) is 102 cm³/mol. The SMILES string of the molecule is CC(=O)Oc1c(-c2ccccc2[N+](=O)[O-])c2c(n1C)C(=O)c1ccccc1C2=O. The number of para-hydroxylation sites is 1. The smallest absolute Gasteiger partial charge is 0.309 e. The summed E-state index contributed by atoms with van der Waals surface area (Å²) in [6.45, 7) is 1.17. The average molecular weight is 390 g/mol. The highest BCUT2D eigenvalue weighted by molar-refractivity contribution is 6.30. The molecule has 0 atom stereocenters. The van der Waals surface area contributed by atoms with E-state index in [1.54, 1.807) is 24.3 Å². The van der Waals surface area contributed by atoms with Crippen molar-refractivity contribution in [2.24, 2.45) is 7.05 Å². The van der Waals surface area contributed by atoms with E-state index in [9.17, 15) is 24.5 Å². The molecule has 1 aliphatic carbocycles. The molecule has 0 N–H and O–H groups in total. The van der Waals surface area contributed by atoms with Crippen molar-refractivity contribution in [1.82, 2.24) is 4.57 Å². The fourth-order valence-corrected chi connectivity index (χ4v) is 3.64. The first-order valence-electron chi connectivity index (χ1n) is 8.66. The van der Waals surface area contributed by atoms with Crippen LogP contribution in [0.3, 0.4) is 0 Å². The van der Waals surface area contributed by atoms with E-state index in [1.165, 1.54) is 42.8 Å². The van der Waals surface area contributed by atoms with Crippen LogP contribution in [0.2, 0.25) is 0 Å².